The molecule has 0 saturated heterocycles. The van der Waals surface area contributed by atoms with Crippen LogP contribution in [0.5, 0.6) is 5.75 Å². The quantitative estimate of drug-likeness (QED) is 0.259. The highest BCUT2D eigenvalue weighted by Crippen LogP contribution is 2.20. The van der Waals surface area contributed by atoms with Crippen LogP contribution in [0.4, 0.5) is 15.8 Å². The lowest BCUT2D eigenvalue weighted by atomic mass is 10.1. The maximum atomic E-state index is 13.2. The maximum Gasteiger partial charge on any atom is 0.329 e. The number of para-hydroxylation sites is 1. The van der Waals surface area contributed by atoms with Crippen LogP contribution in [-0.2, 0) is 14.4 Å². The van der Waals surface area contributed by atoms with E-state index >= 15 is 0 Å². The number of carbonyl (C=O) groups is 3. The number of nitrogens with one attached hydrogen (secondary N) is 3. The van der Waals surface area contributed by atoms with E-state index in [2.05, 4.69) is 21.2 Å². The van der Waals surface area contributed by atoms with Gasteiger partial charge in [-0.2, -0.15) is 5.10 Å². The van der Waals surface area contributed by atoms with Crippen molar-refractivity contribution in [2.24, 2.45) is 5.10 Å². The maximum absolute atomic E-state index is 13.2. The molecule has 3 amide bonds. The van der Waals surface area contributed by atoms with Gasteiger partial charge in [0.15, 0.2) is 6.61 Å². The van der Waals surface area contributed by atoms with E-state index in [1.807, 2.05) is 19.9 Å². The molecule has 0 radical (unpaired) electrons. The van der Waals surface area contributed by atoms with E-state index in [9.17, 15) is 18.8 Å². The van der Waals surface area contributed by atoms with Gasteiger partial charge in [0.05, 0.1) is 11.2 Å². The van der Waals surface area contributed by atoms with Crippen LogP contribution in [0, 0.1) is 19.7 Å². The van der Waals surface area contributed by atoms with Gasteiger partial charge < -0.3 is 15.4 Å². The summed E-state index contributed by atoms with van der Waals surface area (Å²) in [6.07, 6.45) is 1.29. The molecule has 0 spiro atoms. The number of hydrogen-bond acceptors (Lipinski definition) is 5. The van der Waals surface area contributed by atoms with Crippen LogP contribution >= 0.6 is 11.6 Å². The summed E-state index contributed by atoms with van der Waals surface area (Å²) in [6, 6.07) is 15.8. The van der Waals surface area contributed by atoms with Crippen LogP contribution in [0.2, 0.25) is 5.02 Å². The molecule has 3 aromatic rings. The number of rotatable bonds is 7. The Kier molecular flexibility index (Phi) is 8.53. The van der Waals surface area contributed by atoms with E-state index < -0.39 is 23.5 Å². The van der Waals surface area contributed by atoms with Crippen LogP contribution in [0.15, 0.2) is 65.8 Å². The molecule has 0 bridgehead atoms. The van der Waals surface area contributed by atoms with Gasteiger partial charge in [0.25, 0.3) is 5.91 Å². The zero-order valence-electron chi connectivity index (χ0n) is 18.9. The fourth-order valence-electron chi connectivity index (χ4n) is 2.85. The summed E-state index contributed by atoms with van der Waals surface area (Å²) >= 11 is 5.71. The standard InChI is InChI=1S/C25H22ClFN4O4/c1-15-7-8-18(11-16(15)2)30-24(33)25(34)31-28-13-17-5-3-4-6-22(17)35-14-23(32)29-19-9-10-21(27)20(26)12-19/h3-13H,14H2,1-2H3,(H,29,32)(H,30,33)(H,31,34)/b28-13-. The first-order valence-corrected chi connectivity index (χ1v) is 10.8. The fraction of sp³-hybridized carbons (Fsp3) is 0.120. The van der Waals surface area contributed by atoms with Crippen LogP contribution < -0.4 is 20.8 Å². The number of hydrazone groups is 1. The summed E-state index contributed by atoms with van der Waals surface area (Å²) < 4.78 is 18.8. The molecule has 8 nitrogen and oxygen atoms in total. The number of amides is 3. The molecule has 10 heteroatoms. The summed E-state index contributed by atoms with van der Waals surface area (Å²) in [4.78, 5) is 36.3. The Morgan fingerprint density at radius 1 is 0.943 bits per heavy atom. The Morgan fingerprint density at radius 3 is 2.40 bits per heavy atom. The average Bonchev–Trinajstić information content (AvgIpc) is 2.83. The Morgan fingerprint density at radius 2 is 1.66 bits per heavy atom. The van der Waals surface area contributed by atoms with Gasteiger partial charge in [0.1, 0.15) is 11.6 Å². The van der Waals surface area contributed by atoms with E-state index in [0.29, 0.717) is 22.7 Å². The first-order chi connectivity index (χ1) is 16.7. The Balaban J connectivity index is 1.54. The van der Waals surface area contributed by atoms with E-state index in [1.165, 1.54) is 18.3 Å². The minimum absolute atomic E-state index is 0.116. The van der Waals surface area contributed by atoms with Crippen LogP contribution in [0.3, 0.4) is 0 Å². The predicted octanol–water partition coefficient (Wildman–Crippen LogP) is 4.20. The molecule has 0 atom stereocenters. The highest BCUT2D eigenvalue weighted by atomic mass is 35.5. The normalized spacial score (nSPS) is 10.6. The lowest BCUT2D eigenvalue weighted by molar-refractivity contribution is -0.136. The SMILES string of the molecule is Cc1ccc(NC(=O)C(=O)N/N=C\c2ccccc2OCC(=O)Nc2ccc(F)c(Cl)c2)cc1C. The highest BCUT2D eigenvalue weighted by molar-refractivity contribution is 6.39. The van der Waals surface area contributed by atoms with E-state index in [-0.39, 0.29) is 11.6 Å². The van der Waals surface area contributed by atoms with Crippen molar-refractivity contribution in [2.75, 3.05) is 17.2 Å². The molecule has 0 fully saturated rings. The summed E-state index contributed by atoms with van der Waals surface area (Å²) in [5.41, 5.74) is 5.47. The topological polar surface area (TPSA) is 109 Å². The molecule has 3 rings (SSSR count). The summed E-state index contributed by atoms with van der Waals surface area (Å²) in [6.45, 7) is 3.50. The molecule has 0 saturated carbocycles. The molecule has 3 aromatic carbocycles. The average molecular weight is 497 g/mol. The lowest BCUT2D eigenvalue weighted by Crippen LogP contribution is -2.32. The van der Waals surface area contributed by atoms with Gasteiger partial charge in [0.2, 0.25) is 0 Å². The minimum atomic E-state index is -0.949. The third kappa shape index (κ3) is 7.38. The number of benzene rings is 3. The fourth-order valence-corrected chi connectivity index (χ4v) is 3.03. The first-order valence-electron chi connectivity index (χ1n) is 10.4. The van der Waals surface area contributed by atoms with E-state index in [4.69, 9.17) is 16.3 Å². The smallest absolute Gasteiger partial charge is 0.329 e. The van der Waals surface area contributed by atoms with Crippen LogP contribution in [0.1, 0.15) is 16.7 Å². The van der Waals surface area contributed by atoms with Crippen molar-refractivity contribution in [1.82, 2.24) is 5.43 Å². The van der Waals surface area contributed by atoms with Gasteiger partial charge >= 0.3 is 11.8 Å². The van der Waals surface area contributed by atoms with Crippen molar-refractivity contribution in [3.63, 3.8) is 0 Å². The molecule has 0 aromatic heterocycles. The van der Waals surface area contributed by atoms with Gasteiger partial charge in [-0.15, -0.1) is 0 Å². The zero-order valence-corrected chi connectivity index (χ0v) is 19.7. The molecule has 35 heavy (non-hydrogen) atoms. The van der Waals surface area contributed by atoms with Crippen molar-refractivity contribution < 1.29 is 23.5 Å². The van der Waals surface area contributed by atoms with Crippen molar-refractivity contribution in [2.45, 2.75) is 13.8 Å². The van der Waals surface area contributed by atoms with Crippen molar-refractivity contribution in [1.29, 1.82) is 0 Å². The molecule has 180 valence electrons. The van der Waals surface area contributed by atoms with Gasteiger partial charge in [-0.1, -0.05) is 29.8 Å². The molecule has 0 aliphatic rings. The first kappa shape index (κ1) is 25.4. The molecule has 0 aliphatic heterocycles. The number of halogens is 2. The second-order valence-electron chi connectivity index (χ2n) is 7.46. The predicted molar refractivity (Wildman–Crippen MR) is 132 cm³/mol. The number of carbonyl (C=O) groups excluding carboxylic acids is 3. The highest BCUT2D eigenvalue weighted by Gasteiger charge is 2.13. The van der Waals surface area contributed by atoms with Crippen molar-refractivity contribution >= 4 is 46.9 Å². The summed E-state index contributed by atoms with van der Waals surface area (Å²) in [7, 11) is 0. The number of ether oxygens (including phenoxy) is 1. The number of anilines is 2. The molecule has 0 aliphatic carbocycles. The number of nitrogens with zero attached hydrogens (tertiary/aromatic N) is 1. The minimum Gasteiger partial charge on any atom is -0.483 e. The van der Waals surface area contributed by atoms with E-state index in [1.54, 1.807) is 36.4 Å². The largest absolute Gasteiger partial charge is 0.483 e. The molecular formula is C25H22ClFN4O4. The van der Waals surface area contributed by atoms with Crippen LogP contribution in [0.25, 0.3) is 0 Å². The number of hydrogen-bond donors (Lipinski definition) is 3. The Bertz CT molecular complexity index is 1300. The monoisotopic (exact) mass is 496 g/mol. The Hall–Kier alpha value is -4.24. The van der Waals surface area contributed by atoms with Gasteiger partial charge in [-0.05, 0) is 67.4 Å². The van der Waals surface area contributed by atoms with Gasteiger partial charge in [-0.25, -0.2) is 9.82 Å². The Labute approximate surface area is 206 Å². The van der Waals surface area contributed by atoms with E-state index in [0.717, 1.165) is 17.2 Å². The molecule has 0 heterocycles. The van der Waals surface area contributed by atoms with Crippen LogP contribution in [-0.4, -0.2) is 30.5 Å². The second-order valence-corrected chi connectivity index (χ2v) is 7.86. The third-order valence-corrected chi connectivity index (χ3v) is 5.11. The number of aryl methyl sites for hydroxylation is 2. The zero-order chi connectivity index (χ0) is 25.4. The molecule has 0 unspecified atom stereocenters. The lowest BCUT2D eigenvalue weighted by Gasteiger charge is -2.10. The van der Waals surface area contributed by atoms with Gasteiger partial charge in [0, 0.05) is 16.9 Å². The summed E-state index contributed by atoms with van der Waals surface area (Å²) in [5.74, 6) is -2.58. The summed E-state index contributed by atoms with van der Waals surface area (Å²) in [5, 5.41) is 8.73. The van der Waals surface area contributed by atoms with Gasteiger partial charge in [-0.3, -0.25) is 14.4 Å². The van der Waals surface area contributed by atoms with Crippen molar-refractivity contribution in [3.05, 3.63) is 88.2 Å². The third-order valence-electron chi connectivity index (χ3n) is 4.82. The second kappa shape index (κ2) is 11.8. The molecule has 3 N–H and O–H groups in total. The van der Waals surface area contributed by atoms with Crippen molar-refractivity contribution in [3.8, 4) is 5.75 Å². The molecular weight excluding hydrogens is 475 g/mol.